The number of halogens is 2. The number of carbonyl (C=O) groups is 1. The fourth-order valence-corrected chi connectivity index (χ4v) is 5.00. The molecule has 0 bridgehead atoms. The summed E-state index contributed by atoms with van der Waals surface area (Å²) in [5.74, 6) is -1.08. The Morgan fingerprint density at radius 2 is 1.78 bits per heavy atom. The first kappa shape index (κ1) is 18.6. The van der Waals surface area contributed by atoms with Gasteiger partial charge in [-0.2, -0.15) is 0 Å². The zero-order valence-electron chi connectivity index (χ0n) is 12.1. The van der Waals surface area contributed by atoms with E-state index in [0.29, 0.717) is 18.5 Å². The normalized spacial score (nSPS) is 11.4. The second-order valence-corrected chi connectivity index (χ2v) is 10.5. The Morgan fingerprint density at radius 1 is 1.09 bits per heavy atom. The van der Waals surface area contributed by atoms with E-state index in [4.69, 9.17) is 0 Å². The first-order chi connectivity index (χ1) is 10.8. The first-order valence-corrected chi connectivity index (χ1v) is 11.0. The van der Waals surface area contributed by atoms with Crippen molar-refractivity contribution in [2.45, 2.75) is 12.2 Å². The molecular weight excluding hydrogens is 466 g/mol. The molecule has 4 nitrogen and oxygen atoms in total. The fourth-order valence-electron chi connectivity index (χ4n) is 1.95. The minimum atomic E-state index is -3.47. The van der Waals surface area contributed by atoms with Crippen LogP contribution >= 0.6 is 43.2 Å². The van der Waals surface area contributed by atoms with Gasteiger partial charge in [-0.25, -0.2) is 8.42 Å². The molecule has 0 saturated heterocycles. The minimum absolute atomic E-state index is 0.133. The summed E-state index contributed by atoms with van der Waals surface area (Å²) in [5.41, 5.74) is 0.671. The lowest BCUT2D eigenvalue weighted by Crippen LogP contribution is -2.32. The highest BCUT2D eigenvalue weighted by molar-refractivity contribution is 9.11. The van der Waals surface area contributed by atoms with Gasteiger partial charge in [-0.3, -0.25) is 4.79 Å². The molecule has 124 valence electrons. The van der Waals surface area contributed by atoms with Gasteiger partial charge >= 0.3 is 0 Å². The second kappa shape index (κ2) is 8.41. The number of sulfone groups is 1. The molecule has 2 aromatic rings. The van der Waals surface area contributed by atoms with Crippen LogP contribution in [0.5, 0.6) is 0 Å². The largest absolute Gasteiger partial charge is 0.355 e. The van der Waals surface area contributed by atoms with E-state index < -0.39 is 21.5 Å². The summed E-state index contributed by atoms with van der Waals surface area (Å²) in [7, 11) is -3.47. The van der Waals surface area contributed by atoms with Gasteiger partial charge in [-0.05, 0) is 52.2 Å². The third-order valence-electron chi connectivity index (χ3n) is 2.97. The van der Waals surface area contributed by atoms with Crippen LogP contribution in [-0.4, -0.2) is 26.6 Å². The minimum Gasteiger partial charge on any atom is -0.355 e. The maximum Gasteiger partial charge on any atom is 0.235 e. The van der Waals surface area contributed by atoms with E-state index in [0.717, 1.165) is 13.1 Å². The molecule has 0 radical (unpaired) electrons. The zero-order chi connectivity index (χ0) is 16.9. The van der Waals surface area contributed by atoms with Gasteiger partial charge in [0, 0.05) is 15.9 Å². The topological polar surface area (TPSA) is 63.2 Å². The molecule has 0 unspecified atom stereocenters. The third-order valence-corrected chi connectivity index (χ3v) is 6.66. The Balaban J connectivity index is 1.80. The van der Waals surface area contributed by atoms with E-state index in [1.165, 1.54) is 0 Å². The molecule has 2 rings (SSSR count). The summed E-state index contributed by atoms with van der Waals surface area (Å²) in [4.78, 5) is 12.9. The maximum absolute atomic E-state index is 12.1. The van der Waals surface area contributed by atoms with Crippen molar-refractivity contribution in [1.29, 1.82) is 0 Å². The van der Waals surface area contributed by atoms with Crippen LogP contribution in [0.25, 0.3) is 0 Å². The average Bonchev–Trinajstić information content (AvgIpc) is 2.86. The molecule has 1 amide bonds. The van der Waals surface area contributed by atoms with Crippen molar-refractivity contribution >= 4 is 58.9 Å². The predicted octanol–water partition coefficient (Wildman–Crippen LogP) is 3.55. The lowest BCUT2D eigenvalue weighted by Gasteiger charge is -2.06. The standard InChI is InChI=1S/C15H15Br2NO3S2/c16-12-3-1-11(2-4-12)9-23(20,21)10-15(19)18-8-7-13-5-6-14(17)22-13/h1-6H,7-10H2,(H,18,19). The Morgan fingerprint density at radius 3 is 2.39 bits per heavy atom. The van der Waals surface area contributed by atoms with Crippen molar-refractivity contribution < 1.29 is 13.2 Å². The van der Waals surface area contributed by atoms with Crippen LogP contribution in [0.4, 0.5) is 0 Å². The molecule has 1 aromatic heterocycles. The zero-order valence-corrected chi connectivity index (χ0v) is 16.9. The number of rotatable bonds is 7. The van der Waals surface area contributed by atoms with Crippen LogP contribution < -0.4 is 5.32 Å². The van der Waals surface area contributed by atoms with Gasteiger partial charge in [0.2, 0.25) is 5.91 Å². The maximum atomic E-state index is 12.1. The Labute approximate surface area is 156 Å². The van der Waals surface area contributed by atoms with E-state index in [2.05, 4.69) is 37.2 Å². The molecule has 0 saturated carbocycles. The van der Waals surface area contributed by atoms with Gasteiger partial charge in [0.15, 0.2) is 9.84 Å². The van der Waals surface area contributed by atoms with Crippen LogP contribution in [0.3, 0.4) is 0 Å². The summed E-state index contributed by atoms with van der Waals surface area (Å²) in [6, 6.07) is 11.0. The summed E-state index contributed by atoms with van der Waals surface area (Å²) in [6.07, 6.45) is 0.689. The van der Waals surface area contributed by atoms with Gasteiger partial charge < -0.3 is 5.32 Å². The van der Waals surface area contributed by atoms with Gasteiger partial charge in [-0.1, -0.05) is 28.1 Å². The number of thiophene rings is 1. The van der Waals surface area contributed by atoms with Crippen molar-refractivity contribution in [2.24, 2.45) is 0 Å². The second-order valence-electron chi connectivity index (χ2n) is 4.96. The molecule has 1 aromatic carbocycles. The molecular formula is C15H15Br2NO3S2. The third kappa shape index (κ3) is 6.74. The molecule has 1 heterocycles. The Bertz CT molecular complexity index is 770. The highest BCUT2D eigenvalue weighted by atomic mass is 79.9. The molecule has 8 heteroatoms. The predicted molar refractivity (Wildman–Crippen MR) is 100 cm³/mol. The number of hydrogen-bond acceptors (Lipinski definition) is 4. The number of carbonyl (C=O) groups excluding carboxylic acids is 1. The molecule has 0 aliphatic carbocycles. The summed E-state index contributed by atoms with van der Waals surface area (Å²) in [6.45, 7) is 0.430. The smallest absolute Gasteiger partial charge is 0.235 e. The van der Waals surface area contributed by atoms with Gasteiger partial charge in [0.05, 0.1) is 9.54 Å². The van der Waals surface area contributed by atoms with Crippen molar-refractivity contribution in [2.75, 3.05) is 12.3 Å². The van der Waals surface area contributed by atoms with Gasteiger partial charge in [-0.15, -0.1) is 11.3 Å². The molecule has 0 spiro atoms. The molecule has 0 aliphatic heterocycles. The van der Waals surface area contributed by atoms with E-state index in [1.807, 2.05) is 12.1 Å². The van der Waals surface area contributed by atoms with Crippen LogP contribution in [-0.2, 0) is 26.8 Å². The lowest BCUT2D eigenvalue weighted by atomic mass is 10.2. The number of amides is 1. The lowest BCUT2D eigenvalue weighted by molar-refractivity contribution is -0.118. The van der Waals surface area contributed by atoms with E-state index >= 15 is 0 Å². The van der Waals surface area contributed by atoms with Crippen molar-refractivity contribution in [3.63, 3.8) is 0 Å². The Kier molecular flexibility index (Phi) is 6.82. The van der Waals surface area contributed by atoms with Crippen molar-refractivity contribution in [3.05, 3.63) is 55.1 Å². The summed E-state index contributed by atoms with van der Waals surface area (Å²) < 4.78 is 26.0. The Hall–Kier alpha value is -0.700. The van der Waals surface area contributed by atoms with Crippen molar-refractivity contribution in [1.82, 2.24) is 5.32 Å². The average molecular weight is 481 g/mol. The summed E-state index contributed by atoms with van der Waals surface area (Å²) in [5, 5.41) is 2.66. The van der Waals surface area contributed by atoms with Crippen LogP contribution in [0, 0.1) is 0 Å². The van der Waals surface area contributed by atoms with Crippen LogP contribution in [0.1, 0.15) is 10.4 Å². The van der Waals surface area contributed by atoms with E-state index in [9.17, 15) is 13.2 Å². The number of hydrogen-bond donors (Lipinski definition) is 1. The van der Waals surface area contributed by atoms with Gasteiger partial charge in [0.1, 0.15) is 5.75 Å². The molecule has 1 N–H and O–H groups in total. The SMILES string of the molecule is O=C(CS(=O)(=O)Cc1ccc(Br)cc1)NCCc1ccc(Br)s1. The molecule has 0 atom stereocenters. The van der Waals surface area contributed by atoms with Crippen LogP contribution in [0.2, 0.25) is 0 Å². The van der Waals surface area contributed by atoms with E-state index in [1.54, 1.807) is 35.6 Å². The molecule has 0 aliphatic rings. The highest BCUT2D eigenvalue weighted by Gasteiger charge is 2.17. The fraction of sp³-hybridized carbons (Fsp3) is 0.267. The molecule has 23 heavy (non-hydrogen) atoms. The summed E-state index contributed by atoms with van der Waals surface area (Å²) >= 11 is 8.28. The quantitative estimate of drug-likeness (QED) is 0.659. The monoisotopic (exact) mass is 479 g/mol. The van der Waals surface area contributed by atoms with E-state index in [-0.39, 0.29) is 5.75 Å². The van der Waals surface area contributed by atoms with Gasteiger partial charge in [0.25, 0.3) is 0 Å². The highest BCUT2D eigenvalue weighted by Crippen LogP contribution is 2.22. The number of nitrogens with one attached hydrogen (secondary N) is 1. The van der Waals surface area contributed by atoms with Crippen molar-refractivity contribution in [3.8, 4) is 0 Å². The number of benzene rings is 1. The molecule has 0 fully saturated rings. The van der Waals surface area contributed by atoms with Crippen LogP contribution in [0.15, 0.2) is 44.7 Å². The first-order valence-electron chi connectivity index (χ1n) is 6.80.